The number of halogens is 1. The second-order valence-corrected chi connectivity index (χ2v) is 2.76. The van der Waals surface area contributed by atoms with E-state index < -0.39 is 4.92 Å². The van der Waals surface area contributed by atoms with Gasteiger partial charge in [-0.1, -0.05) is 0 Å². The van der Waals surface area contributed by atoms with Crippen molar-refractivity contribution in [1.82, 2.24) is 0 Å². The lowest BCUT2D eigenvalue weighted by Gasteiger charge is -1.89. The van der Waals surface area contributed by atoms with Crippen LogP contribution in [0.2, 0.25) is 0 Å². The van der Waals surface area contributed by atoms with Gasteiger partial charge in [-0.3, -0.25) is 10.1 Å². The molecule has 5 nitrogen and oxygen atoms in total. The average molecular weight is 269 g/mol. The molecule has 1 rings (SSSR count). The van der Waals surface area contributed by atoms with Gasteiger partial charge in [-0.05, 0) is 22.6 Å². The van der Waals surface area contributed by atoms with E-state index in [9.17, 15) is 10.1 Å². The molecule has 1 aromatic heterocycles. The number of hydrogen-bond donors (Lipinski definition) is 0. The van der Waals surface area contributed by atoms with Crippen molar-refractivity contribution >= 4 is 28.5 Å². The molecule has 0 bridgehead atoms. The van der Waals surface area contributed by atoms with Crippen LogP contribution in [0.25, 0.3) is 0 Å². The van der Waals surface area contributed by atoms with Crippen molar-refractivity contribution in [2.24, 2.45) is 0 Å². The van der Waals surface area contributed by atoms with Gasteiger partial charge in [0, 0.05) is 0 Å². The number of ether oxygens (including phenoxy) is 1. The molecule has 0 N–H and O–H groups in total. The largest absolute Gasteiger partial charge is 0.492 e. The van der Waals surface area contributed by atoms with Gasteiger partial charge in [-0.25, -0.2) is 0 Å². The summed E-state index contributed by atoms with van der Waals surface area (Å²) in [6, 6.07) is 0. The molecule has 0 aliphatic carbocycles. The molecule has 11 heavy (non-hydrogen) atoms. The van der Waals surface area contributed by atoms with E-state index in [1.54, 1.807) is 22.6 Å². The van der Waals surface area contributed by atoms with Gasteiger partial charge >= 0.3 is 5.88 Å². The maximum atomic E-state index is 10.2. The molecule has 0 radical (unpaired) electrons. The minimum absolute atomic E-state index is 0.276. The number of nitrogens with zero attached hydrogens (tertiary/aromatic N) is 1. The SMILES string of the molecule is COc1coc([N+](=O)[O-])c1I. The Morgan fingerprint density at radius 2 is 2.45 bits per heavy atom. The van der Waals surface area contributed by atoms with Crippen LogP contribution in [0.5, 0.6) is 5.75 Å². The fourth-order valence-corrected chi connectivity index (χ4v) is 1.25. The highest BCUT2D eigenvalue weighted by molar-refractivity contribution is 14.1. The summed E-state index contributed by atoms with van der Waals surface area (Å²) in [5.74, 6) is 0.111. The van der Waals surface area contributed by atoms with Crippen LogP contribution in [0.1, 0.15) is 0 Å². The standard InChI is InChI=1S/C5H4INO4/c1-10-3-2-11-5(4(3)6)7(8)9/h2H,1H3. The maximum Gasteiger partial charge on any atom is 0.450 e. The summed E-state index contributed by atoms with van der Waals surface area (Å²) in [4.78, 5) is 9.61. The van der Waals surface area contributed by atoms with E-state index in [0.29, 0.717) is 9.32 Å². The third-order valence-corrected chi connectivity index (χ3v) is 2.06. The molecule has 0 atom stereocenters. The highest BCUT2D eigenvalue weighted by atomic mass is 127. The molecule has 0 aliphatic heterocycles. The summed E-state index contributed by atoms with van der Waals surface area (Å²) in [7, 11) is 1.43. The summed E-state index contributed by atoms with van der Waals surface area (Å²) < 4.78 is 9.77. The summed E-state index contributed by atoms with van der Waals surface area (Å²) in [6.45, 7) is 0. The lowest BCUT2D eigenvalue weighted by molar-refractivity contribution is -0.403. The van der Waals surface area contributed by atoms with E-state index in [1.165, 1.54) is 13.4 Å². The first kappa shape index (κ1) is 8.31. The molecular weight excluding hydrogens is 265 g/mol. The van der Waals surface area contributed by atoms with E-state index >= 15 is 0 Å². The van der Waals surface area contributed by atoms with Gasteiger partial charge in [0.15, 0.2) is 9.32 Å². The zero-order valence-corrected chi connectivity index (χ0v) is 7.69. The molecule has 0 aromatic carbocycles. The van der Waals surface area contributed by atoms with Crippen LogP contribution in [0, 0.1) is 13.7 Å². The topological polar surface area (TPSA) is 65.5 Å². The zero-order valence-electron chi connectivity index (χ0n) is 5.54. The van der Waals surface area contributed by atoms with Crippen LogP contribution in [0.3, 0.4) is 0 Å². The van der Waals surface area contributed by atoms with Crippen molar-refractivity contribution in [2.75, 3.05) is 7.11 Å². The normalized spacial score (nSPS) is 9.64. The Morgan fingerprint density at radius 1 is 1.82 bits per heavy atom. The Balaban J connectivity index is 3.10. The minimum Gasteiger partial charge on any atom is -0.492 e. The van der Waals surface area contributed by atoms with Gasteiger partial charge in [-0.15, -0.1) is 0 Å². The van der Waals surface area contributed by atoms with Crippen molar-refractivity contribution in [3.05, 3.63) is 19.9 Å². The van der Waals surface area contributed by atoms with Crippen LogP contribution in [-0.2, 0) is 0 Å². The average Bonchev–Trinajstić information content (AvgIpc) is 2.30. The fourth-order valence-electron chi connectivity index (χ4n) is 0.579. The van der Waals surface area contributed by atoms with E-state index in [4.69, 9.17) is 4.74 Å². The molecule has 0 spiro atoms. The van der Waals surface area contributed by atoms with E-state index in [0.717, 1.165) is 0 Å². The fraction of sp³-hybridized carbons (Fsp3) is 0.200. The predicted octanol–water partition coefficient (Wildman–Crippen LogP) is 1.80. The van der Waals surface area contributed by atoms with E-state index in [-0.39, 0.29) is 5.88 Å². The minimum atomic E-state index is -0.593. The first-order chi connectivity index (χ1) is 5.16. The van der Waals surface area contributed by atoms with Crippen molar-refractivity contribution in [1.29, 1.82) is 0 Å². The monoisotopic (exact) mass is 269 g/mol. The number of hydrogen-bond acceptors (Lipinski definition) is 4. The highest BCUT2D eigenvalue weighted by Gasteiger charge is 2.21. The van der Waals surface area contributed by atoms with E-state index in [2.05, 4.69) is 4.42 Å². The summed E-state index contributed by atoms with van der Waals surface area (Å²) in [5, 5.41) is 10.2. The van der Waals surface area contributed by atoms with Gasteiger partial charge in [0.1, 0.15) is 11.2 Å². The number of methoxy groups -OCH3 is 1. The molecule has 0 saturated carbocycles. The summed E-state index contributed by atoms with van der Waals surface area (Å²) in [5.41, 5.74) is 0. The predicted molar refractivity (Wildman–Crippen MR) is 44.6 cm³/mol. The molecule has 6 heteroatoms. The highest BCUT2D eigenvalue weighted by Crippen LogP contribution is 2.31. The maximum absolute atomic E-state index is 10.2. The molecule has 1 heterocycles. The molecule has 0 amide bonds. The molecule has 0 aliphatic rings. The van der Waals surface area contributed by atoms with E-state index in [1.807, 2.05) is 0 Å². The molecule has 1 aromatic rings. The lowest BCUT2D eigenvalue weighted by Crippen LogP contribution is -1.88. The van der Waals surface area contributed by atoms with Crippen LogP contribution >= 0.6 is 22.6 Å². The Labute approximate surface area is 75.6 Å². The molecule has 0 saturated heterocycles. The van der Waals surface area contributed by atoms with Gasteiger partial charge < -0.3 is 9.15 Å². The molecule has 0 fully saturated rings. The summed E-state index contributed by atoms with van der Waals surface area (Å²) >= 11 is 1.79. The number of furan rings is 1. The zero-order chi connectivity index (χ0) is 8.43. The smallest absolute Gasteiger partial charge is 0.450 e. The van der Waals surface area contributed by atoms with Gasteiger partial charge in [0.25, 0.3) is 0 Å². The molecular formula is C5H4INO4. The first-order valence-corrected chi connectivity index (χ1v) is 3.70. The second kappa shape index (κ2) is 3.07. The van der Waals surface area contributed by atoms with Gasteiger partial charge in [0.2, 0.25) is 0 Å². The van der Waals surface area contributed by atoms with Crippen molar-refractivity contribution in [2.45, 2.75) is 0 Å². The van der Waals surface area contributed by atoms with Gasteiger partial charge in [0.05, 0.1) is 7.11 Å². The quantitative estimate of drug-likeness (QED) is 0.466. The van der Waals surface area contributed by atoms with Crippen LogP contribution in [0.15, 0.2) is 10.7 Å². The summed E-state index contributed by atoms with van der Waals surface area (Å²) in [6.07, 6.45) is 1.21. The Kier molecular flexibility index (Phi) is 2.32. The Hall–Kier alpha value is -0.790. The van der Waals surface area contributed by atoms with Crippen molar-refractivity contribution in [3.63, 3.8) is 0 Å². The molecule has 60 valence electrons. The van der Waals surface area contributed by atoms with Crippen LogP contribution in [0.4, 0.5) is 5.88 Å². The number of nitro groups is 1. The van der Waals surface area contributed by atoms with Crippen molar-refractivity contribution < 1.29 is 14.1 Å². The van der Waals surface area contributed by atoms with Crippen molar-refractivity contribution in [3.8, 4) is 5.75 Å². The lowest BCUT2D eigenvalue weighted by atomic mass is 10.6. The third kappa shape index (κ3) is 1.44. The van der Waals surface area contributed by atoms with Crippen LogP contribution in [-0.4, -0.2) is 12.0 Å². The second-order valence-electron chi connectivity index (χ2n) is 1.68. The molecule has 0 unspecified atom stereocenters. The Bertz CT molecular complexity index is 282. The first-order valence-electron chi connectivity index (χ1n) is 2.62. The van der Waals surface area contributed by atoms with Gasteiger partial charge in [-0.2, -0.15) is 0 Å². The van der Waals surface area contributed by atoms with Crippen LogP contribution < -0.4 is 4.74 Å². The number of rotatable bonds is 2. The third-order valence-electron chi connectivity index (χ3n) is 1.07. The Morgan fingerprint density at radius 3 is 2.73 bits per heavy atom.